The molecule has 0 aliphatic heterocycles. The summed E-state index contributed by atoms with van der Waals surface area (Å²) in [4.78, 5) is 12.3. The largest absolute Gasteiger partial charge is 0.398 e. The lowest BCUT2D eigenvalue weighted by atomic mass is 9.88. The number of hydrogen-bond donors (Lipinski definition) is 1. The quantitative estimate of drug-likeness (QED) is 0.795. The van der Waals surface area contributed by atoms with E-state index in [1.165, 1.54) is 0 Å². The summed E-state index contributed by atoms with van der Waals surface area (Å²) in [5.41, 5.74) is 11.3. The molecule has 0 radical (unpaired) electrons. The average Bonchev–Trinajstić information content (AvgIpc) is 2.69. The molecule has 0 bridgehead atoms. The number of ketones is 1. The Morgan fingerprint density at radius 3 is 2.65 bits per heavy atom. The fourth-order valence-corrected chi connectivity index (χ4v) is 2.49. The van der Waals surface area contributed by atoms with Crippen molar-refractivity contribution >= 4 is 17.4 Å². The topological polar surface area (TPSA) is 43.1 Å². The van der Waals surface area contributed by atoms with Gasteiger partial charge < -0.3 is 5.73 Å². The summed E-state index contributed by atoms with van der Waals surface area (Å²) in [6, 6.07) is 8.02. The van der Waals surface area contributed by atoms with Crippen LogP contribution in [0.3, 0.4) is 0 Å². The van der Waals surface area contributed by atoms with Crippen molar-refractivity contribution in [2.24, 2.45) is 5.73 Å². The van der Waals surface area contributed by atoms with Gasteiger partial charge in [-0.25, -0.2) is 0 Å². The van der Waals surface area contributed by atoms with E-state index in [4.69, 9.17) is 5.73 Å². The van der Waals surface area contributed by atoms with Crippen LogP contribution < -0.4 is 5.73 Å². The zero-order valence-electron chi connectivity index (χ0n) is 9.66. The smallest absolute Gasteiger partial charge is 0.191 e. The number of fused-ring (bicyclic) bond motifs is 3. The summed E-state index contributed by atoms with van der Waals surface area (Å²) in [7, 11) is 0. The molecule has 0 unspecified atom stereocenters. The Balaban J connectivity index is 2.23. The molecule has 0 atom stereocenters. The van der Waals surface area contributed by atoms with Gasteiger partial charge >= 0.3 is 0 Å². The molecule has 0 saturated carbocycles. The second-order valence-electron chi connectivity index (χ2n) is 4.32. The van der Waals surface area contributed by atoms with Crippen molar-refractivity contribution in [1.82, 2.24) is 0 Å². The third-order valence-electron chi connectivity index (χ3n) is 3.36. The fraction of sp³-hybridized carbons (Fsp3) is 0.133. The normalized spacial score (nSPS) is 17.6. The van der Waals surface area contributed by atoms with Gasteiger partial charge in [-0.1, -0.05) is 31.2 Å². The van der Waals surface area contributed by atoms with E-state index >= 15 is 0 Å². The van der Waals surface area contributed by atoms with Crippen LogP contribution in [0.2, 0.25) is 0 Å². The summed E-state index contributed by atoms with van der Waals surface area (Å²) in [6.07, 6.45) is 4.58. The van der Waals surface area contributed by atoms with Crippen LogP contribution in [0.4, 0.5) is 0 Å². The first-order valence-corrected chi connectivity index (χ1v) is 5.79. The molecule has 0 fully saturated rings. The highest BCUT2D eigenvalue weighted by atomic mass is 16.1. The Morgan fingerprint density at radius 2 is 1.88 bits per heavy atom. The van der Waals surface area contributed by atoms with Gasteiger partial charge in [-0.3, -0.25) is 4.79 Å². The van der Waals surface area contributed by atoms with E-state index in [0.29, 0.717) is 12.1 Å². The minimum absolute atomic E-state index is 0.0821. The molecule has 0 heterocycles. The maximum Gasteiger partial charge on any atom is 0.191 e. The van der Waals surface area contributed by atoms with Gasteiger partial charge in [0.25, 0.3) is 0 Å². The molecule has 3 rings (SSSR count). The number of Topliss-reactive ketones (excluding diaryl/α,β-unsaturated/α-hetero) is 1. The van der Waals surface area contributed by atoms with E-state index in [2.05, 4.69) is 0 Å². The Hall–Kier alpha value is -2.09. The van der Waals surface area contributed by atoms with Gasteiger partial charge in [-0.05, 0) is 35.3 Å². The number of carbonyl (C=O) groups excluding carboxylic acids is 1. The van der Waals surface area contributed by atoms with Gasteiger partial charge in [0, 0.05) is 16.8 Å². The predicted octanol–water partition coefficient (Wildman–Crippen LogP) is 2.67. The van der Waals surface area contributed by atoms with E-state index in [-0.39, 0.29) is 5.78 Å². The van der Waals surface area contributed by atoms with Gasteiger partial charge in [0.15, 0.2) is 5.78 Å². The predicted molar refractivity (Wildman–Crippen MR) is 68.9 cm³/mol. The van der Waals surface area contributed by atoms with Crippen LogP contribution in [0.1, 0.15) is 24.5 Å². The van der Waals surface area contributed by atoms with Crippen molar-refractivity contribution in [3.63, 3.8) is 0 Å². The highest BCUT2D eigenvalue weighted by molar-refractivity contribution is 6.26. The summed E-state index contributed by atoms with van der Waals surface area (Å²) in [5, 5.41) is 0. The number of nitrogens with two attached hydrogens (primary N) is 1. The monoisotopic (exact) mass is 223 g/mol. The molecule has 1 aromatic carbocycles. The van der Waals surface area contributed by atoms with Crippen LogP contribution in [0.5, 0.6) is 0 Å². The first-order valence-electron chi connectivity index (χ1n) is 5.79. The molecule has 2 aliphatic rings. The van der Waals surface area contributed by atoms with Crippen LogP contribution in [0, 0.1) is 0 Å². The molecule has 17 heavy (non-hydrogen) atoms. The van der Waals surface area contributed by atoms with Crippen LogP contribution in [-0.4, -0.2) is 5.78 Å². The minimum Gasteiger partial charge on any atom is -0.398 e. The number of rotatable bonds is 1. The second kappa shape index (κ2) is 3.45. The Bertz CT molecular complexity index is 618. The summed E-state index contributed by atoms with van der Waals surface area (Å²) in [6.45, 7) is 1.96. The van der Waals surface area contributed by atoms with Crippen LogP contribution >= 0.6 is 0 Å². The standard InChI is InChI=1S/C15H13NO/c1-2-10-14(16)8-12-11-6-4-3-5-9(11)7-13(12)15(10)17/h3-8H,2,16H2,1H3. The lowest BCUT2D eigenvalue weighted by Gasteiger charge is -2.16. The SMILES string of the molecule is CCC1=C(N)C=C2C(=Cc3ccccc32)C1=O. The number of benzene rings is 1. The van der Waals surface area contributed by atoms with E-state index in [9.17, 15) is 4.79 Å². The molecule has 1 aromatic rings. The Morgan fingerprint density at radius 1 is 1.12 bits per heavy atom. The maximum absolute atomic E-state index is 12.3. The molecule has 0 spiro atoms. The van der Waals surface area contributed by atoms with Crippen molar-refractivity contribution in [2.45, 2.75) is 13.3 Å². The highest BCUT2D eigenvalue weighted by Gasteiger charge is 2.29. The van der Waals surface area contributed by atoms with E-state index in [1.54, 1.807) is 0 Å². The Kier molecular flexibility index (Phi) is 2.05. The molecule has 0 aromatic heterocycles. The zero-order valence-corrected chi connectivity index (χ0v) is 9.66. The molecular formula is C15H13NO. The first kappa shape index (κ1) is 10.1. The minimum atomic E-state index is 0.0821. The van der Waals surface area contributed by atoms with Crippen molar-refractivity contribution in [1.29, 1.82) is 0 Å². The summed E-state index contributed by atoms with van der Waals surface area (Å²) < 4.78 is 0. The van der Waals surface area contributed by atoms with Gasteiger partial charge in [0.05, 0.1) is 0 Å². The van der Waals surface area contributed by atoms with Crippen molar-refractivity contribution in [2.75, 3.05) is 0 Å². The van der Waals surface area contributed by atoms with E-state index < -0.39 is 0 Å². The highest BCUT2D eigenvalue weighted by Crippen LogP contribution is 2.40. The second-order valence-corrected chi connectivity index (χ2v) is 4.32. The summed E-state index contributed by atoms with van der Waals surface area (Å²) in [5.74, 6) is 0.0821. The number of allylic oxidation sites excluding steroid dienone is 4. The van der Waals surface area contributed by atoms with Gasteiger partial charge in [-0.2, -0.15) is 0 Å². The van der Waals surface area contributed by atoms with E-state index in [0.717, 1.165) is 27.8 Å². The molecule has 0 saturated heterocycles. The molecule has 84 valence electrons. The molecule has 2 aliphatic carbocycles. The average molecular weight is 223 g/mol. The third kappa shape index (κ3) is 1.30. The van der Waals surface area contributed by atoms with Gasteiger partial charge in [0.1, 0.15) is 0 Å². The van der Waals surface area contributed by atoms with Crippen LogP contribution in [0.25, 0.3) is 11.6 Å². The third-order valence-corrected chi connectivity index (χ3v) is 3.36. The van der Waals surface area contributed by atoms with Gasteiger partial charge in [0.2, 0.25) is 0 Å². The van der Waals surface area contributed by atoms with Crippen LogP contribution in [0.15, 0.2) is 47.2 Å². The lowest BCUT2D eigenvalue weighted by Crippen LogP contribution is -2.16. The first-order chi connectivity index (χ1) is 8.22. The molecular weight excluding hydrogens is 210 g/mol. The van der Waals surface area contributed by atoms with Crippen molar-refractivity contribution in [3.8, 4) is 0 Å². The van der Waals surface area contributed by atoms with Crippen molar-refractivity contribution in [3.05, 3.63) is 58.3 Å². The molecule has 2 heteroatoms. The van der Waals surface area contributed by atoms with Crippen LogP contribution in [-0.2, 0) is 4.79 Å². The Labute approximate surface area is 100 Å². The summed E-state index contributed by atoms with van der Waals surface area (Å²) >= 11 is 0. The molecule has 2 N–H and O–H groups in total. The zero-order chi connectivity index (χ0) is 12.0. The maximum atomic E-state index is 12.3. The lowest BCUT2D eigenvalue weighted by molar-refractivity contribution is -0.112. The number of hydrogen-bond acceptors (Lipinski definition) is 2. The van der Waals surface area contributed by atoms with Gasteiger partial charge in [-0.15, -0.1) is 0 Å². The fourth-order valence-electron chi connectivity index (χ4n) is 2.49. The van der Waals surface area contributed by atoms with E-state index in [1.807, 2.05) is 43.3 Å². The molecule has 0 amide bonds. The van der Waals surface area contributed by atoms with Crippen molar-refractivity contribution < 1.29 is 4.79 Å². The molecule has 2 nitrogen and oxygen atoms in total. The number of carbonyl (C=O) groups is 1.